The smallest absolute Gasteiger partial charge is 0.131 e. The number of nitrogens with one attached hydrogen (secondary N) is 1. The summed E-state index contributed by atoms with van der Waals surface area (Å²) >= 11 is 0. The van der Waals surface area contributed by atoms with Crippen molar-refractivity contribution < 1.29 is 4.74 Å². The highest BCUT2D eigenvalue weighted by Crippen LogP contribution is 2.23. The van der Waals surface area contributed by atoms with Crippen molar-refractivity contribution in [2.45, 2.75) is 33.1 Å². The van der Waals surface area contributed by atoms with Crippen LogP contribution in [0.25, 0.3) is 11.3 Å². The molecule has 0 aliphatic carbocycles. The first-order chi connectivity index (χ1) is 10.3. The number of nitrogens with zero attached hydrogens (tertiary/aromatic N) is 2. The molecule has 1 aromatic carbocycles. The molecule has 1 heterocycles. The number of hydrogen-bond acceptors (Lipinski definition) is 4. The fourth-order valence-electron chi connectivity index (χ4n) is 2.09. The molecule has 0 saturated carbocycles. The van der Waals surface area contributed by atoms with Gasteiger partial charge in [-0.15, -0.1) is 0 Å². The van der Waals surface area contributed by atoms with E-state index in [-0.39, 0.29) is 0 Å². The van der Waals surface area contributed by atoms with Crippen LogP contribution in [0.3, 0.4) is 0 Å². The van der Waals surface area contributed by atoms with Crippen molar-refractivity contribution in [3.63, 3.8) is 0 Å². The average Bonchev–Trinajstić information content (AvgIpc) is 2.53. The van der Waals surface area contributed by atoms with Gasteiger partial charge in [0.1, 0.15) is 17.4 Å². The monoisotopic (exact) mass is 285 g/mol. The van der Waals surface area contributed by atoms with E-state index in [2.05, 4.69) is 29.1 Å². The molecule has 1 aromatic heterocycles. The number of anilines is 1. The van der Waals surface area contributed by atoms with Gasteiger partial charge in [0.15, 0.2) is 0 Å². The lowest BCUT2D eigenvalue weighted by Gasteiger charge is -2.10. The third-order valence-corrected chi connectivity index (χ3v) is 3.19. The standard InChI is InChI=1S/C17H23N3O/c1-4-6-16-19-15(12-17(20-16)18-11-5-2)13-7-9-14(21-3)10-8-13/h7-10,12H,4-6,11H2,1-3H3,(H,18,19,20). The molecule has 2 rings (SSSR count). The van der Waals surface area contributed by atoms with Gasteiger partial charge in [-0.2, -0.15) is 0 Å². The zero-order valence-corrected chi connectivity index (χ0v) is 13.0. The van der Waals surface area contributed by atoms with Gasteiger partial charge in [-0.3, -0.25) is 0 Å². The van der Waals surface area contributed by atoms with Crippen LogP contribution in [-0.4, -0.2) is 23.6 Å². The second-order valence-electron chi connectivity index (χ2n) is 4.96. The van der Waals surface area contributed by atoms with E-state index in [4.69, 9.17) is 4.74 Å². The quantitative estimate of drug-likeness (QED) is 0.837. The van der Waals surface area contributed by atoms with E-state index in [0.717, 1.165) is 54.5 Å². The maximum absolute atomic E-state index is 5.20. The average molecular weight is 285 g/mol. The molecule has 2 aromatic rings. The molecule has 4 heteroatoms. The van der Waals surface area contributed by atoms with Gasteiger partial charge in [-0.05, 0) is 37.1 Å². The Bertz CT molecular complexity index is 567. The normalized spacial score (nSPS) is 10.4. The SMILES string of the molecule is CCCNc1cc(-c2ccc(OC)cc2)nc(CCC)n1. The molecular weight excluding hydrogens is 262 g/mol. The first-order valence-corrected chi connectivity index (χ1v) is 7.53. The molecule has 21 heavy (non-hydrogen) atoms. The highest BCUT2D eigenvalue weighted by atomic mass is 16.5. The molecule has 0 atom stereocenters. The molecule has 0 radical (unpaired) electrons. The van der Waals surface area contributed by atoms with Gasteiger partial charge in [0.2, 0.25) is 0 Å². The number of rotatable bonds is 7. The van der Waals surface area contributed by atoms with Gasteiger partial charge in [-0.25, -0.2) is 9.97 Å². The molecule has 0 unspecified atom stereocenters. The lowest BCUT2D eigenvalue weighted by atomic mass is 10.1. The summed E-state index contributed by atoms with van der Waals surface area (Å²) in [6, 6.07) is 9.98. The molecule has 0 aliphatic heterocycles. The Morgan fingerprint density at radius 3 is 2.43 bits per heavy atom. The lowest BCUT2D eigenvalue weighted by molar-refractivity contribution is 0.415. The molecule has 0 spiro atoms. The summed E-state index contributed by atoms with van der Waals surface area (Å²) in [5.74, 6) is 2.65. The Kier molecular flexibility index (Phi) is 5.55. The zero-order chi connectivity index (χ0) is 15.1. The molecule has 112 valence electrons. The van der Waals surface area contributed by atoms with Gasteiger partial charge >= 0.3 is 0 Å². The van der Waals surface area contributed by atoms with Crippen molar-refractivity contribution >= 4 is 5.82 Å². The second-order valence-corrected chi connectivity index (χ2v) is 4.96. The van der Waals surface area contributed by atoms with Crippen molar-refractivity contribution in [2.24, 2.45) is 0 Å². The summed E-state index contributed by atoms with van der Waals surface area (Å²) in [6.07, 6.45) is 3.01. The zero-order valence-electron chi connectivity index (χ0n) is 13.0. The Balaban J connectivity index is 2.32. The largest absolute Gasteiger partial charge is 0.497 e. The van der Waals surface area contributed by atoms with Crippen molar-refractivity contribution in [3.05, 3.63) is 36.2 Å². The molecule has 0 fully saturated rings. The van der Waals surface area contributed by atoms with Crippen LogP contribution in [0.2, 0.25) is 0 Å². The van der Waals surface area contributed by atoms with Gasteiger partial charge in [-0.1, -0.05) is 13.8 Å². The van der Waals surface area contributed by atoms with Crippen LogP contribution < -0.4 is 10.1 Å². The van der Waals surface area contributed by atoms with Gasteiger partial charge in [0.25, 0.3) is 0 Å². The van der Waals surface area contributed by atoms with Crippen LogP contribution in [0.15, 0.2) is 30.3 Å². The van der Waals surface area contributed by atoms with E-state index in [9.17, 15) is 0 Å². The van der Waals surface area contributed by atoms with E-state index in [1.807, 2.05) is 30.3 Å². The van der Waals surface area contributed by atoms with Crippen LogP contribution in [0.5, 0.6) is 5.75 Å². The van der Waals surface area contributed by atoms with Crippen LogP contribution in [-0.2, 0) is 6.42 Å². The summed E-state index contributed by atoms with van der Waals surface area (Å²) in [5.41, 5.74) is 2.03. The lowest BCUT2D eigenvalue weighted by Crippen LogP contribution is -2.06. The first kappa shape index (κ1) is 15.3. The Morgan fingerprint density at radius 1 is 1.05 bits per heavy atom. The van der Waals surface area contributed by atoms with E-state index >= 15 is 0 Å². The minimum atomic E-state index is 0.853. The third-order valence-electron chi connectivity index (χ3n) is 3.19. The van der Waals surface area contributed by atoms with Crippen LogP contribution in [0.4, 0.5) is 5.82 Å². The minimum absolute atomic E-state index is 0.853. The highest BCUT2D eigenvalue weighted by Gasteiger charge is 2.06. The maximum Gasteiger partial charge on any atom is 0.131 e. The summed E-state index contributed by atoms with van der Waals surface area (Å²) in [7, 11) is 1.67. The number of methoxy groups -OCH3 is 1. The minimum Gasteiger partial charge on any atom is -0.497 e. The molecule has 0 bridgehead atoms. The second kappa shape index (κ2) is 7.62. The predicted octanol–water partition coefficient (Wildman–Crippen LogP) is 3.93. The van der Waals surface area contributed by atoms with Gasteiger partial charge in [0, 0.05) is 24.6 Å². The Morgan fingerprint density at radius 2 is 1.81 bits per heavy atom. The molecule has 0 saturated heterocycles. The van der Waals surface area contributed by atoms with Crippen molar-refractivity contribution in [3.8, 4) is 17.0 Å². The van der Waals surface area contributed by atoms with Crippen LogP contribution in [0, 0.1) is 0 Å². The first-order valence-electron chi connectivity index (χ1n) is 7.53. The van der Waals surface area contributed by atoms with Crippen molar-refractivity contribution in [1.29, 1.82) is 0 Å². The van der Waals surface area contributed by atoms with Gasteiger partial charge < -0.3 is 10.1 Å². The molecular formula is C17H23N3O. The molecule has 4 nitrogen and oxygen atoms in total. The summed E-state index contributed by atoms with van der Waals surface area (Å²) < 4.78 is 5.20. The number of benzene rings is 1. The summed E-state index contributed by atoms with van der Waals surface area (Å²) in [6.45, 7) is 5.21. The van der Waals surface area contributed by atoms with Crippen LogP contribution >= 0.6 is 0 Å². The van der Waals surface area contributed by atoms with E-state index in [0.29, 0.717) is 0 Å². The summed E-state index contributed by atoms with van der Waals surface area (Å²) in [5, 5.41) is 3.35. The van der Waals surface area contributed by atoms with Gasteiger partial charge in [0.05, 0.1) is 12.8 Å². The maximum atomic E-state index is 5.20. The number of aryl methyl sites for hydroxylation is 1. The fraction of sp³-hybridized carbons (Fsp3) is 0.412. The molecule has 1 N–H and O–H groups in total. The topological polar surface area (TPSA) is 47.0 Å². The number of hydrogen-bond donors (Lipinski definition) is 1. The van der Waals surface area contributed by atoms with E-state index in [1.165, 1.54) is 0 Å². The third kappa shape index (κ3) is 4.18. The van der Waals surface area contributed by atoms with Crippen molar-refractivity contribution in [1.82, 2.24) is 9.97 Å². The van der Waals surface area contributed by atoms with E-state index < -0.39 is 0 Å². The van der Waals surface area contributed by atoms with Crippen molar-refractivity contribution in [2.75, 3.05) is 19.0 Å². The van der Waals surface area contributed by atoms with E-state index in [1.54, 1.807) is 7.11 Å². The Labute approximate surface area is 126 Å². The molecule has 0 aliphatic rings. The fourth-order valence-corrected chi connectivity index (χ4v) is 2.09. The summed E-state index contributed by atoms with van der Waals surface area (Å²) in [4.78, 5) is 9.24. The van der Waals surface area contributed by atoms with Crippen LogP contribution in [0.1, 0.15) is 32.5 Å². The Hall–Kier alpha value is -2.10. The number of aromatic nitrogens is 2. The predicted molar refractivity (Wildman–Crippen MR) is 86.8 cm³/mol. The number of ether oxygens (including phenoxy) is 1. The highest BCUT2D eigenvalue weighted by molar-refractivity contribution is 5.63. The molecule has 0 amide bonds.